The molecule has 27 heavy (non-hydrogen) atoms. The molecule has 1 unspecified atom stereocenters. The molecule has 1 heterocycles. The first-order valence-corrected chi connectivity index (χ1v) is 10.4. The number of sulfonamides is 1. The molecule has 0 radical (unpaired) electrons. The summed E-state index contributed by atoms with van der Waals surface area (Å²) in [5.74, 6) is -0.194. The van der Waals surface area contributed by atoms with Crippen LogP contribution in [0.1, 0.15) is 35.9 Å². The van der Waals surface area contributed by atoms with Crippen molar-refractivity contribution in [2.24, 2.45) is 0 Å². The number of rotatable bonds is 5. The van der Waals surface area contributed by atoms with Gasteiger partial charge in [0, 0.05) is 18.2 Å². The normalized spacial score (nSPS) is 17.9. The van der Waals surface area contributed by atoms with Gasteiger partial charge in [-0.25, -0.2) is 13.1 Å². The van der Waals surface area contributed by atoms with Gasteiger partial charge in [0.15, 0.2) is 0 Å². The fraction of sp³-hybridized carbons (Fsp3) is 0.350. The van der Waals surface area contributed by atoms with Crippen LogP contribution < -0.4 is 4.72 Å². The smallest absolute Gasteiger partial charge is 0.254 e. The van der Waals surface area contributed by atoms with Gasteiger partial charge in [0.25, 0.3) is 5.91 Å². The van der Waals surface area contributed by atoms with Crippen LogP contribution >= 0.6 is 0 Å². The topological polar surface area (TPSA) is 75.7 Å². The first kappa shape index (κ1) is 19.5. The number of morpholine rings is 1. The highest BCUT2D eigenvalue weighted by atomic mass is 32.2. The maximum Gasteiger partial charge on any atom is 0.254 e. The van der Waals surface area contributed by atoms with E-state index in [4.69, 9.17) is 4.74 Å². The standard InChI is InChI=1S/C20H24N2O4S/c1-15(2)21-27(24,25)18-10-6-9-17(13-18)20(23)22-11-12-26-19(14-22)16-7-4-3-5-8-16/h3-10,13,15,19,21H,11-12,14H2,1-2H3. The first-order valence-electron chi connectivity index (χ1n) is 8.95. The maximum atomic E-state index is 12.9. The van der Waals surface area contributed by atoms with E-state index in [0.29, 0.717) is 25.3 Å². The van der Waals surface area contributed by atoms with Crippen molar-refractivity contribution in [3.05, 3.63) is 65.7 Å². The zero-order chi connectivity index (χ0) is 19.4. The van der Waals surface area contributed by atoms with Crippen LogP contribution in [0.2, 0.25) is 0 Å². The summed E-state index contributed by atoms with van der Waals surface area (Å²) >= 11 is 0. The number of nitrogens with one attached hydrogen (secondary N) is 1. The fourth-order valence-electron chi connectivity index (χ4n) is 3.06. The lowest BCUT2D eigenvalue weighted by Crippen LogP contribution is -2.42. The number of hydrogen-bond acceptors (Lipinski definition) is 4. The second-order valence-electron chi connectivity index (χ2n) is 6.83. The highest BCUT2D eigenvalue weighted by Crippen LogP contribution is 2.23. The summed E-state index contributed by atoms with van der Waals surface area (Å²) in [6.45, 7) is 4.86. The quantitative estimate of drug-likeness (QED) is 0.854. The number of ether oxygens (including phenoxy) is 1. The summed E-state index contributed by atoms with van der Waals surface area (Å²) in [6.07, 6.45) is -0.182. The summed E-state index contributed by atoms with van der Waals surface area (Å²) in [5.41, 5.74) is 1.38. The second kappa shape index (κ2) is 8.21. The van der Waals surface area contributed by atoms with Crippen LogP contribution in [0, 0.1) is 0 Å². The van der Waals surface area contributed by atoms with Gasteiger partial charge >= 0.3 is 0 Å². The van der Waals surface area contributed by atoms with Crippen molar-refractivity contribution < 1.29 is 17.9 Å². The molecule has 3 rings (SSSR count). The Labute approximate surface area is 160 Å². The van der Waals surface area contributed by atoms with E-state index >= 15 is 0 Å². The number of nitrogens with zero attached hydrogens (tertiary/aromatic N) is 1. The van der Waals surface area contributed by atoms with Gasteiger partial charge in [-0.15, -0.1) is 0 Å². The monoisotopic (exact) mass is 388 g/mol. The highest BCUT2D eigenvalue weighted by molar-refractivity contribution is 7.89. The first-order chi connectivity index (χ1) is 12.9. The maximum absolute atomic E-state index is 12.9. The van der Waals surface area contributed by atoms with E-state index in [1.54, 1.807) is 30.9 Å². The lowest BCUT2D eigenvalue weighted by molar-refractivity contribution is -0.0228. The SMILES string of the molecule is CC(C)NS(=O)(=O)c1cccc(C(=O)N2CCOC(c3ccccc3)C2)c1. The molecule has 2 aromatic rings. The molecule has 2 aromatic carbocycles. The van der Waals surface area contributed by atoms with Crippen molar-refractivity contribution in [1.29, 1.82) is 0 Å². The van der Waals surface area contributed by atoms with Crippen molar-refractivity contribution in [3.63, 3.8) is 0 Å². The number of carbonyl (C=O) groups is 1. The van der Waals surface area contributed by atoms with Crippen molar-refractivity contribution in [2.45, 2.75) is 30.9 Å². The van der Waals surface area contributed by atoms with Gasteiger partial charge in [-0.1, -0.05) is 36.4 Å². The zero-order valence-corrected chi connectivity index (χ0v) is 16.3. The lowest BCUT2D eigenvalue weighted by atomic mass is 10.1. The predicted molar refractivity (Wildman–Crippen MR) is 103 cm³/mol. The van der Waals surface area contributed by atoms with Gasteiger partial charge < -0.3 is 9.64 Å². The van der Waals surface area contributed by atoms with Gasteiger partial charge in [-0.3, -0.25) is 4.79 Å². The van der Waals surface area contributed by atoms with Crippen LogP contribution in [0.25, 0.3) is 0 Å². The molecular formula is C20H24N2O4S. The Bertz CT molecular complexity index is 897. The number of hydrogen-bond donors (Lipinski definition) is 1. The van der Waals surface area contributed by atoms with E-state index < -0.39 is 10.0 Å². The van der Waals surface area contributed by atoms with Crippen LogP contribution in [-0.4, -0.2) is 45.0 Å². The molecule has 7 heteroatoms. The zero-order valence-electron chi connectivity index (χ0n) is 15.5. The van der Waals surface area contributed by atoms with E-state index in [-0.39, 0.29) is 22.9 Å². The minimum atomic E-state index is -3.65. The van der Waals surface area contributed by atoms with E-state index in [2.05, 4.69) is 4.72 Å². The van der Waals surface area contributed by atoms with Crippen molar-refractivity contribution in [3.8, 4) is 0 Å². The summed E-state index contributed by atoms with van der Waals surface area (Å²) < 4.78 is 33.1. The highest BCUT2D eigenvalue weighted by Gasteiger charge is 2.27. The van der Waals surface area contributed by atoms with E-state index in [9.17, 15) is 13.2 Å². The number of amides is 1. The second-order valence-corrected chi connectivity index (χ2v) is 8.54. The summed E-state index contributed by atoms with van der Waals surface area (Å²) in [4.78, 5) is 14.7. The van der Waals surface area contributed by atoms with Crippen LogP contribution in [0.3, 0.4) is 0 Å². The molecule has 1 amide bonds. The summed E-state index contributed by atoms with van der Waals surface area (Å²) in [6, 6.07) is 15.7. The number of benzene rings is 2. The lowest BCUT2D eigenvalue weighted by Gasteiger charge is -2.33. The molecule has 0 saturated carbocycles. The molecule has 6 nitrogen and oxygen atoms in total. The van der Waals surface area contributed by atoms with Crippen LogP contribution in [0.4, 0.5) is 0 Å². The average Bonchev–Trinajstić information content (AvgIpc) is 2.67. The molecule has 1 saturated heterocycles. The molecule has 1 fully saturated rings. The molecule has 1 atom stereocenters. The molecule has 1 aliphatic heterocycles. The molecule has 144 valence electrons. The van der Waals surface area contributed by atoms with Crippen molar-refractivity contribution in [2.75, 3.05) is 19.7 Å². The minimum absolute atomic E-state index is 0.0925. The van der Waals surface area contributed by atoms with E-state index in [1.165, 1.54) is 12.1 Å². The largest absolute Gasteiger partial charge is 0.370 e. The molecule has 1 aliphatic rings. The Hall–Kier alpha value is -2.22. The van der Waals surface area contributed by atoms with Gasteiger partial charge in [-0.05, 0) is 37.6 Å². The number of carbonyl (C=O) groups excluding carboxylic acids is 1. The van der Waals surface area contributed by atoms with Crippen LogP contribution in [0.15, 0.2) is 59.5 Å². The minimum Gasteiger partial charge on any atom is -0.370 e. The molecule has 0 aliphatic carbocycles. The Kier molecular flexibility index (Phi) is 5.94. The van der Waals surface area contributed by atoms with Crippen LogP contribution in [-0.2, 0) is 14.8 Å². The Morgan fingerprint density at radius 2 is 1.89 bits per heavy atom. The Morgan fingerprint density at radius 3 is 2.59 bits per heavy atom. The Balaban J connectivity index is 1.79. The van der Waals surface area contributed by atoms with E-state index in [0.717, 1.165) is 5.56 Å². The molecule has 0 bridgehead atoms. The van der Waals surface area contributed by atoms with Crippen molar-refractivity contribution >= 4 is 15.9 Å². The van der Waals surface area contributed by atoms with Gasteiger partial charge in [0.1, 0.15) is 6.10 Å². The van der Waals surface area contributed by atoms with Gasteiger partial charge in [0.2, 0.25) is 10.0 Å². The third-order valence-electron chi connectivity index (χ3n) is 4.31. The van der Waals surface area contributed by atoms with Crippen molar-refractivity contribution in [1.82, 2.24) is 9.62 Å². The molecule has 0 aromatic heterocycles. The molecular weight excluding hydrogens is 364 g/mol. The molecule has 1 N–H and O–H groups in total. The van der Waals surface area contributed by atoms with E-state index in [1.807, 2.05) is 30.3 Å². The van der Waals surface area contributed by atoms with Gasteiger partial charge in [-0.2, -0.15) is 0 Å². The average molecular weight is 388 g/mol. The summed E-state index contributed by atoms with van der Waals surface area (Å²) in [5, 5.41) is 0. The Morgan fingerprint density at radius 1 is 1.15 bits per heavy atom. The summed E-state index contributed by atoms with van der Waals surface area (Å²) in [7, 11) is -3.65. The predicted octanol–water partition coefficient (Wildman–Crippen LogP) is 2.59. The molecule has 0 spiro atoms. The third kappa shape index (κ3) is 4.74. The third-order valence-corrected chi connectivity index (χ3v) is 5.96. The fourth-order valence-corrected chi connectivity index (χ4v) is 4.36. The van der Waals surface area contributed by atoms with Crippen LogP contribution in [0.5, 0.6) is 0 Å². The van der Waals surface area contributed by atoms with Gasteiger partial charge in [0.05, 0.1) is 18.0 Å².